The zero-order valence-electron chi connectivity index (χ0n) is 31.6. The number of nitrogens with zero attached hydrogens (tertiary/aromatic N) is 2. The van der Waals surface area contributed by atoms with Crippen molar-refractivity contribution in [1.29, 1.82) is 0 Å². The molecule has 12 aromatic rings. The number of para-hydroxylation sites is 4. The summed E-state index contributed by atoms with van der Waals surface area (Å²) in [5, 5.41) is 12.6. The Morgan fingerprint density at radius 3 is 1.45 bits per heavy atom. The molecule has 58 heavy (non-hydrogen) atoms. The van der Waals surface area contributed by atoms with E-state index in [1.807, 2.05) is 6.07 Å². The van der Waals surface area contributed by atoms with Crippen LogP contribution in [0, 0.1) is 0 Å². The van der Waals surface area contributed by atoms with Crippen LogP contribution in [0.2, 0.25) is 0 Å². The Bertz CT molecular complexity index is 3410. The maximum absolute atomic E-state index is 6.47. The second-order valence-corrected chi connectivity index (χ2v) is 19.0. The Balaban J connectivity index is 1.14. The highest BCUT2D eigenvalue weighted by molar-refractivity contribution is 7.19. The van der Waals surface area contributed by atoms with Crippen LogP contribution in [-0.4, -0.2) is 17.2 Å². The van der Waals surface area contributed by atoms with Crippen molar-refractivity contribution in [1.82, 2.24) is 9.13 Å². The van der Waals surface area contributed by atoms with E-state index in [1.165, 1.54) is 64.4 Å². The van der Waals surface area contributed by atoms with Crippen LogP contribution in [-0.2, 0) is 0 Å². The van der Waals surface area contributed by atoms with E-state index in [1.54, 1.807) is 0 Å². The van der Waals surface area contributed by atoms with Gasteiger partial charge in [-0.15, -0.1) is 0 Å². The molecule has 9 aromatic carbocycles. The summed E-state index contributed by atoms with van der Waals surface area (Å²) in [4.78, 5) is 0. The quantitative estimate of drug-likeness (QED) is 0.122. The van der Waals surface area contributed by atoms with Gasteiger partial charge in [0.05, 0.1) is 27.5 Å². The Morgan fingerprint density at radius 2 is 0.810 bits per heavy atom. The highest BCUT2D eigenvalue weighted by Gasteiger charge is 2.41. The molecule has 4 heteroatoms. The minimum atomic E-state index is -2.92. The predicted octanol–water partition coefficient (Wildman–Crippen LogP) is 11.2. The van der Waals surface area contributed by atoms with Gasteiger partial charge in [-0.05, 0) is 81.4 Å². The van der Waals surface area contributed by atoms with E-state index in [9.17, 15) is 0 Å². The summed E-state index contributed by atoms with van der Waals surface area (Å²) < 4.78 is 11.4. The van der Waals surface area contributed by atoms with Gasteiger partial charge in [-0.2, -0.15) is 0 Å². The van der Waals surface area contributed by atoms with Crippen LogP contribution in [0.15, 0.2) is 223 Å². The van der Waals surface area contributed by atoms with Crippen molar-refractivity contribution in [3.8, 4) is 11.4 Å². The van der Waals surface area contributed by atoms with E-state index in [2.05, 4.69) is 221 Å². The van der Waals surface area contributed by atoms with E-state index < -0.39 is 8.07 Å². The lowest BCUT2D eigenvalue weighted by Crippen LogP contribution is -2.74. The first kappa shape index (κ1) is 32.8. The molecule has 0 saturated heterocycles. The largest absolute Gasteiger partial charge is 0.456 e. The minimum absolute atomic E-state index is 0.898. The fraction of sp³-hybridized carbons (Fsp3) is 0. The lowest BCUT2D eigenvalue weighted by molar-refractivity contribution is 0.669. The summed E-state index contributed by atoms with van der Waals surface area (Å²) in [7, 11) is -2.92. The molecular formula is C54H36N2OSi. The number of furan rings is 1. The Labute approximate surface area is 336 Å². The number of benzene rings is 9. The Kier molecular flexibility index (Phi) is 7.25. The second kappa shape index (κ2) is 12.8. The molecule has 3 heterocycles. The van der Waals surface area contributed by atoms with Crippen molar-refractivity contribution >= 4 is 94.4 Å². The maximum atomic E-state index is 6.47. The number of hydrogen-bond donors (Lipinski definition) is 0. The van der Waals surface area contributed by atoms with Crippen LogP contribution >= 0.6 is 0 Å². The fourth-order valence-corrected chi connectivity index (χ4v) is 14.6. The Hall–Kier alpha value is -7.40. The summed E-state index contributed by atoms with van der Waals surface area (Å²) in [5.41, 5.74) is 8.85. The predicted molar refractivity (Wildman–Crippen MR) is 246 cm³/mol. The maximum Gasteiger partial charge on any atom is 0.179 e. The molecule has 0 aliphatic heterocycles. The lowest BCUT2D eigenvalue weighted by atomic mass is 10.1. The van der Waals surface area contributed by atoms with E-state index >= 15 is 0 Å². The van der Waals surface area contributed by atoms with E-state index in [0.29, 0.717) is 0 Å². The van der Waals surface area contributed by atoms with Gasteiger partial charge >= 0.3 is 0 Å². The van der Waals surface area contributed by atoms with Crippen LogP contribution in [0.4, 0.5) is 0 Å². The van der Waals surface area contributed by atoms with Crippen molar-refractivity contribution in [3.63, 3.8) is 0 Å². The molecule has 0 spiro atoms. The smallest absolute Gasteiger partial charge is 0.179 e. The van der Waals surface area contributed by atoms with Gasteiger partial charge in [0.25, 0.3) is 0 Å². The number of rotatable bonds is 6. The summed E-state index contributed by atoms with van der Waals surface area (Å²) in [6, 6.07) is 80.3. The average Bonchev–Trinajstić information content (AvgIpc) is 3.96. The molecule has 12 rings (SSSR count). The molecule has 272 valence electrons. The summed E-state index contributed by atoms with van der Waals surface area (Å²) in [6.45, 7) is 0. The second-order valence-electron chi connectivity index (χ2n) is 15.2. The molecular weight excluding hydrogens is 721 g/mol. The molecule has 0 aliphatic carbocycles. The summed E-state index contributed by atoms with van der Waals surface area (Å²) >= 11 is 0. The number of fused-ring (bicyclic) bond motifs is 10. The molecule has 3 nitrogen and oxygen atoms in total. The van der Waals surface area contributed by atoms with Crippen LogP contribution in [0.3, 0.4) is 0 Å². The molecule has 0 N–H and O–H groups in total. The first-order valence-corrected chi connectivity index (χ1v) is 21.9. The molecule has 0 saturated carbocycles. The van der Waals surface area contributed by atoms with E-state index in [4.69, 9.17) is 4.42 Å². The van der Waals surface area contributed by atoms with Crippen molar-refractivity contribution in [3.05, 3.63) is 218 Å². The zero-order chi connectivity index (χ0) is 38.2. The summed E-state index contributed by atoms with van der Waals surface area (Å²) in [5.74, 6) is 0. The number of aromatic nitrogens is 2. The average molecular weight is 757 g/mol. The van der Waals surface area contributed by atoms with Crippen LogP contribution in [0.5, 0.6) is 0 Å². The van der Waals surface area contributed by atoms with Crippen molar-refractivity contribution in [2.75, 3.05) is 0 Å². The monoisotopic (exact) mass is 756 g/mol. The third-order valence-electron chi connectivity index (χ3n) is 12.3. The summed E-state index contributed by atoms with van der Waals surface area (Å²) in [6.07, 6.45) is 0. The number of hydrogen-bond acceptors (Lipinski definition) is 1. The molecule has 0 amide bonds. The molecule has 0 atom stereocenters. The molecule has 0 aliphatic rings. The third-order valence-corrected chi connectivity index (χ3v) is 17.0. The zero-order valence-corrected chi connectivity index (χ0v) is 32.6. The van der Waals surface area contributed by atoms with Gasteiger partial charge in [-0.3, -0.25) is 0 Å². The third kappa shape index (κ3) is 4.67. The molecule has 3 aromatic heterocycles. The first-order chi connectivity index (χ1) is 28.8. The van der Waals surface area contributed by atoms with E-state index in [-0.39, 0.29) is 0 Å². The van der Waals surface area contributed by atoms with Crippen molar-refractivity contribution < 1.29 is 4.42 Å². The highest BCUT2D eigenvalue weighted by Crippen LogP contribution is 2.40. The fourth-order valence-electron chi connectivity index (χ4n) is 9.85. The van der Waals surface area contributed by atoms with Crippen LogP contribution in [0.1, 0.15) is 0 Å². The normalized spacial score (nSPS) is 12.1. The Morgan fingerprint density at radius 1 is 0.310 bits per heavy atom. The molecule has 0 unspecified atom stereocenters. The van der Waals surface area contributed by atoms with Gasteiger partial charge in [0.1, 0.15) is 11.2 Å². The molecule has 0 bridgehead atoms. The highest BCUT2D eigenvalue weighted by atomic mass is 28.3. The van der Waals surface area contributed by atoms with E-state index in [0.717, 1.165) is 33.3 Å². The van der Waals surface area contributed by atoms with Crippen molar-refractivity contribution in [2.24, 2.45) is 0 Å². The topological polar surface area (TPSA) is 23.0 Å². The van der Waals surface area contributed by atoms with Crippen LogP contribution in [0.25, 0.3) is 76.9 Å². The lowest BCUT2D eigenvalue weighted by Gasteiger charge is -2.35. The standard InChI is InChI=1S/C54H36N2OSi/c1-3-17-39(18-4-1)58(40-19-5-2-6-20-40,41-32-30-37(31-33-41)55-48-26-11-7-22-43(48)44-23-8-12-27-49(44)55)42-21-15-16-38(36-42)56-50-28-13-9-24-45(50)46-34-35-52-53(54(46)56)47-25-10-14-29-51(47)57-52/h1-36H. The van der Waals surface area contributed by atoms with Gasteiger partial charge in [-0.1, -0.05) is 158 Å². The SMILES string of the molecule is c1ccc([Si](c2ccccc2)(c2ccc(-n3c4ccccc4c4ccccc43)cc2)c2cccc(-n3c4ccccc4c4ccc5oc6ccccc6c5c43)c2)cc1. The van der Waals surface area contributed by atoms with Crippen molar-refractivity contribution in [2.45, 2.75) is 0 Å². The molecule has 0 radical (unpaired) electrons. The van der Waals surface area contributed by atoms with Gasteiger partial charge in [0.2, 0.25) is 0 Å². The first-order valence-electron chi connectivity index (χ1n) is 19.9. The van der Waals surface area contributed by atoms with Gasteiger partial charge in [0.15, 0.2) is 8.07 Å². The van der Waals surface area contributed by atoms with Gasteiger partial charge in [0, 0.05) is 38.3 Å². The van der Waals surface area contributed by atoms with Gasteiger partial charge in [-0.25, -0.2) is 0 Å². The van der Waals surface area contributed by atoms with Gasteiger partial charge < -0.3 is 13.6 Å². The molecule has 0 fully saturated rings. The van der Waals surface area contributed by atoms with Crippen LogP contribution < -0.4 is 20.7 Å². The minimum Gasteiger partial charge on any atom is -0.456 e.